The summed E-state index contributed by atoms with van der Waals surface area (Å²) in [6, 6.07) is 21.0. The van der Waals surface area contributed by atoms with Crippen molar-refractivity contribution in [1.82, 2.24) is 0 Å². The summed E-state index contributed by atoms with van der Waals surface area (Å²) < 4.78 is 11.4. The fraction of sp³-hybridized carbons (Fsp3) is 0.267. The third-order valence-electron chi connectivity index (χ3n) is 6.19. The van der Waals surface area contributed by atoms with Gasteiger partial charge in [0.2, 0.25) is 0 Å². The van der Waals surface area contributed by atoms with Crippen molar-refractivity contribution < 1.29 is 13.9 Å². The van der Waals surface area contributed by atoms with E-state index in [0.29, 0.717) is 16.9 Å². The Labute approximate surface area is 205 Å². The van der Waals surface area contributed by atoms with Crippen LogP contribution in [0.25, 0.3) is 22.1 Å². The lowest BCUT2D eigenvalue weighted by atomic mass is 9.92. The normalized spacial score (nSPS) is 11.3. The molecule has 3 aromatic carbocycles. The van der Waals surface area contributed by atoms with E-state index in [0.717, 1.165) is 33.3 Å². The summed E-state index contributed by atoms with van der Waals surface area (Å²) in [5.74, 6) is 0.810. The van der Waals surface area contributed by atoms with Gasteiger partial charge < -0.3 is 14.5 Å². The largest absolute Gasteiger partial charge is 0.483 e. The minimum atomic E-state index is -0.430. The average molecular weight is 470 g/mol. The van der Waals surface area contributed by atoms with Crippen molar-refractivity contribution in [1.29, 1.82) is 0 Å². The molecule has 1 amide bonds. The number of aryl methyl sites for hydroxylation is 1. The van der Waals surface area contributed by atoms with Crippen molar-refractivity contribution in [3.63, 3.8) is 0 Å². The maximum Gasteiger partial charge on any atom is 0.336 e. The standard InChI is InChI=1S/C30H31NO4/c1-18(2)22-12-9-13-23(19(3)4)29(22)31-27(32)17-34-26-15-14-24-25(21-10-7-6-8-11-21)16-28(33)35-30(24)20(26)5/h6-16,18-19H,17H2,1-5H3,(H,31,32). The molecular weight excluding hydrogens is 438 g/mol. The van der Waals surface area contributed by atoms with Crippen LogP contribution < -0.4 is 15.7 Å². The Morgan fingerprint density at radius 3 is 2.20 bits per heavy atom. The molecule has 0 spiro atoms. The Morgan fingerprint density at radius 2 is 1.57 bits per heavy atom. The van der Waals surface area contributed by atoms with E-state index < -0.39 is 5.63 Å². The van der Waals surface area contributed by atoms with Gasteiger partial charge in [-0.2, -0.15) is 0 Å². The van der Waals surface area contributed by atoms with Crippen LogP contribution in [0.4, 0.5) is 5.69 Å². The van der Waals surface area contributed by atoms with E-state index in [4.69, 9.17) is 9.15 Å². The lowest BCUT2D eigenvalue weighted by molar-refractivity contribution is -0.118. The molecule has 0 atom stereocenters. The van der Waals surface area contributed by atoms with Gasteiger partial charge in [-0.25, -0.2) is 4.79 Å². The summed E-state index contributed by atoms with van der Waals surface area (Å²) in [7, 11) is 0. The van der Waals surface area contributed by atoms with Gasteiger partial charge in [-0.1, -0.05) is 76.2 Å². The summed E-state index contributed by atoms with van der Waals surface area (Å²) in [5, 5.41) is 3.89. The highest BCUT2D eigenvalue weighted by molar-refractivity contribution is 5.96. The van der Waals surface area contributed by atoms with Crippen molar-refractivity contribution in [2.75, 3.05) is 11.9 Å². The molecular formula is C30H31NO4. The molecule has 1 N–H and O–H groups in total. The molecule has 180 valence electrons. The monoisotopic (exact) mass is 469 g/mol. The van der Waals surface area contributed by atoms with Gasteiger partial charge in [-0.15, -0.1) is 0 Å². The highest BCUT2D eigenvalue weighted by Gasteiger charge is 2.18. The van der Waals surface area contributed by atoms with E-state index in [2.05, 4.69) is 33.0 Å². The maximum atomic E-state index is 12.9. The summed E-state index contributed by atoms with van der Waals surface area (Å²) in [5.41, 5.74) is 5.50. The molecule has 5 heteroatoms. The number of amides is 1. The first-order valence-electron chi connectivity index (χ1n) is 11.9. The Bertz CT molecular complexity index is 1390. The van der Waals surface area contributed by atoms with Crippen LogP contribution in [-0.2, 0) is 4.79 Å². The van der Waals surface area contributed by atoms with E-state index in [-0.39, 0.29) is 24.3 Å². The number of ether oxygens (including phenoxy) is 1. The maximum absolute atomic E-state index is 12.9. The molecule has 0 aliphatic rings. The Morgan fingerprint density at radius 1 is 0.914 bits per heavy atom. The third kappa shape index (κ3) is 5.14. The third-order valence-corrected chi connectivity index (χ3v) is 6.19. The van der Waals surface area contributed by atoms with Crippen LogP contribution >= 0.6 is 0 Å². The van der Waals surface area contributed by atoms with Gasteiger partial charge in [-0.05, 0) is 53.1 Å². The number of anilines is 1. The van der Waals surface area contributed by atoms with E-state index in [1.54, 1.807) is 0 Å². The van der Waals surface area contributed by atoms with Gasteiger partial charge in [-0.3, -0.25) is 4.79 Å². The highest BCUT2D eigenvalue weighted by atomic mass is 16.5. The first kappa shape index (κ1) is 24.3. The first-order chi connectivity index (χ1) is 16.8. The summed E-state index contributed by atoms with van der Waals surface area (Å²) in [6.45, 7) is 10.1. The van der Waals surface area contributed by atoms with Crippen LogP contribution in [0, 0.1) is 6.92 Å². The van der Waals surface area contributed by atoms with Gasteiger partial charge in [0.25, 0.3) is 5.91 Å². The molecule has 0 saturated carbocycles. The van der Waals surface area contributed by atoms with Crippen LogP contribution in [0.1, 0.15) is 56.2 Å². The van der Waals surface area contributed by atoms with Crippen molar-refractivity contribution in [2.45, 2.75) is 46.5 Å². The van der Waals surface area contributed by atoms with E-state index in [1.165, 1.54) is 6.07 Å². The van der Waals surface area contributed by atoms with E-state index in [9.17, 15) is 9.59 Å². The second-order valence-electron chi connectivity index (χ2n) is 9.37. The molecule has 4 aromatic rings. The van der Waals surface area contributed by atoms with E-state index >= 15 is 0 Å². The fourth-order valence-corrected chi connectivity index (χ4v) is 4.37. The van der Waals surface area contributed by atoms with Gasteiger partial charge in [0, 0.05) is 22.7 Å². The second-order valence-corrected chi connectivity index (χ2v) is 9.37. The molecule has 4 rings (SSSR count). The molecule has 1 heterocycles. The number of fused-ring (bicyclic) bond motifs is 1. The fourth-order valence-electron chi connectivity index (χ4n) is 4.37. The number of nitrogens with one attached hydrogen (secondary N) is 1. The quantitative estimate of drug-likeness (QED) is 0.295. The average Bonchev–Trinajstić information content (AvgIpc) is 2.84. The molecule has 0 radical (unpaired) electrons. The Balaban J connectivity index is 1.60. The molecule has 0 bridgehead atoms. The number of carbonyl (C=O) groups is 1. The zero-order chi connectivity index (χ0) is 25.1. The van der Waals surface area contributed by atoms with E-state index in [1.807, 2.05) is 67.6 Å². The lowest BCUT2D eigenvalue weighted by Gasteiger charge is -2.20. The summed E-state index contributed by atoms with van der Waals surface area (Å²) in [4.78, 5) is 25.2. The van der Waals surface area contributed by atoms with Crippen molar-refractivity contribution in [3.8, 4) is 16.9 Å². The molecule has 0 aliphatic heterocycles. The number of carbonyl (C=O) groups excluding carboxylic acids is 1. The van der Waals surface area contributed by atoms with Gasteiger partial charge in [0.1, 0.15) is 11.3 Å². The molecule has 5 nitrogen and oxygen atoms in total. The minimum Gasteiger partial charge on any atom is -0.483 e. The number of benzene rings is 3. The molecule has 1 aromatic heterocycles. The number of hydrogen-bond acceptors (Lipinski definition) is 4. The Hall–Kier alpha value is -3.86. The number of hydrogen-bond donors (Lipinski definition) is 1. The van der Waals surface area contributed by atoms with Gasteiger partial charge in [0.15, 0.2) is 6.61 Å². The van der Waals surface area contributed by atoms with Gasteiger partial charge in [0.05, 0.1) is 0 Å². The number of rotatable bonds is 7. The first-order valence-corrected chi connectivity index (χ1v) is 11.9. The summed E-state index contributed by atoms with van der Waals surface area (Å²) >= 11 is 0. The highest BCUT2D eigenvalue weighted by Crippen LogP contribution is 2.34. The Kier molecular flexibility index (Phi) is 7.06. The topological polar surface area (TPSA) is 68.5 Å². The molecule has 0 fully saturated rings. The predicted octanol–water partition coefficient (Wildman–Crippen LogP) is 7.03. The summed E-state index contributed by atoms with van der Waals surface area (Å²) in [6.07, 6.45) is 0. The molecule has 0 saturated heterocycles. The van der Waals surface area contributed by atoms with Gasteiger partial charge >= 0.3 is 5.63 Å². The number of para-hydroxylation sites is 1. The lowest BCUT2D eigenvalue weighted by Crippen LogP contribution is -2.22. The molecule has 0 unspecified atom stereocenters. The van der Waals surface area contributed by atoms with Crippen molar-refractivity contribution in [3.05, 3.63) is 93.8 Å². The smallest absolute Gasteiger partial charge is 0.336 e. The minimum absolute atomic E-state index is 0.154. The van der Waals surface area contributed by atoms with Crippen molar-refractivity contribution in [2.24, 2.45) is 0 Å². The zero-order valence-electron chi connectivity index (χ0n) is 20.8. The zero-order valence-corrected chi connectivity index (χ0v) is 20.8. The van der Waals surface area contributed by atoms with Crippen LogP contribution in [-0.4, -0.2) is 12.5 Å². The van der Waals surface area contributed by atoms with Crippen LogP contribution in [0.3, 0.4) is 0 Å². The SMILES string of the molecule is Cc1c(OCC(=O)Nc2c(C(C)C)cccc2C(C)C)ccc2c(-c3ccccc3)cc(=O)oc12. The van der Waals surface area contributed by atoms with Crippen LogP contribution in [0.5, 0.6) is 5.75 Å². The molecule has 35 heavy (non-hydrogen) atoms. The molecule has 0 aliphatic carbocycles. The van der Waals surface area contributed by atoms with Crippen molar-refractivity contribution >= 4 is 22.6 Å². The van der Waals surface area contributed by atoms with Crippen LogP contribution in [0.2, 0.25) is 0 Å². The second kappa shape index (κ2) is 10.2. The predicted molar refractivity (Wildman–Crippen MR) is 141 cm³/mol. The van der Waals surface area contributed by atoms with Crippen LogP contribution in [0.15, 0.2) is 75.9 Å².